The van der Waals surface area contributed by atoms with Gasteiger partial charge >= 0.3 is 24.4 Å². The molecule has 36 heteroatoms. The summed E-state index contributed by atoms with van der Waals surface area (Å²) in [6.07, 6.45) is 14.7. The molecule has 0 atom stereocenters. The Morgan fingerprint density at radius 1 is 0.385 bits per heavy atom. The minimum atomic E-state index is -1.04. The van der Waals surface area contributed by atoms with E-state index < -0.39 is 74.2 Å². The van der Waals surface area contributed by atoms with Crippen molar-refractivity contribution in [3.63, 3.8) is 0 Å². The Bertz CT molecular complexity index is 6860. The lowest BCUT2D eigenvalue weighted by molar-refractivity contribution is -0.0267. The van der Waals surface area contributed by atoms with Gasteiger partial charge in [-0.1, -0.05) is 23.7 Å². The van der Waals surface area contributed by atoms with Crippen molar-refractivity contribution >= 4 is 144 Å². The number of carbonyl (C=O) groups is 7. The molecule has 4 fully saturated rings. The topological polar surface area (TPSA) is 353 Å². The minimum Gasteiger partial charge on any atom is -0.444 e. The molecule has 12 aromatic rings. The Kier molecular flexibility index (Phi) is 27.5. The van der Waals surface area contributed by atoms with Crippen LogP contribution in [0.3, 0.4) is 0 Å². The molecule has 0 bridgehead atoms. The summed E-state index contributed by atoms with van der Waals surface area (Å²) in [5.41, 5.74) is 9.77. The molecule has 0 radical (unpaired) electrons. The molecule has 9 aromatic heterocycles. The van der Waals surface area contributed by atoms with Crippen LogP contribution in [0.4, 0.5) is 76.4 Å². The van der Waals surface area contributed by atoms with Crippen molar-refractivity contribution in [2.75, 3.05) is 114 Å². The zero-order valence-corrected chi connectivity index (χ0v) is 87.1. The summed E-state index contributed by atoms with van der Waals surface area (Å²) in [5.74, 6) is 0.773. The first kappa shape index (κ1) is 102. The fourth-order valence-corrected chi connectivity index (χ4v) is 19.2. The highest BCUT2D eigenvalue weighted by Crippen LogP contribution is 2.52. The number of amides is 7. The Hall–Kier alpha value is -14.2. The number of imide groups is 2. The molecule has 35 nitrogen and oxygen atoms in total. The Balaban J connectivity index is 0.000000142. The van der Waals surface area contributed by atoms with E-state index in [1.165, 1.54) is 10.1 Å². The molecule has 3 aromatic carbocycles. The number of aromatic nitrogens is 9. The molecule has 0 unspecified atom stereocenters. The van der Waals surface area contributed by atoms with Crippen LogP contribution in [0, 0.1) is 0 Å². The normalized spacial score (nSPS) is 17.3. The van der Waals surface area contributed by atoms with Crippen LogP contribution in [0.1, 0.15) is 200 Å². The minimum absolute atomic E-state index is 0.0786. The summed E-state index contributed by atoms with van der Waals surface area (Å²) in [6, 6.07) is 35.0. The van der Waals surface area contributed by atoms with Gasteiger partial charge in [0.15, 0.2) is 0 Å². The fourth-order valence-electron chi connectivity index (χ4n) is 18.8. The van der Waals surface area contributed by atoms with Crippen molar-refractivity contribution < 1.29 is 62.2 Å². The van der Waals surface area contributed by atoms with E-state index in [-0.39, 0.29) is 18.1 Å². The van der Waals surface area contributed by atoms with E-state index in [0.29, 0.717) is 114 Å². The Morgan fingerprint density at radius 2 is 0.734 bits per heavy atom. The van der Waals surface area contributed by atoms with Crippen molar-refractivity contribution in [3.05, 3.63) is 203 Å². The standard InChI is InChI=1S/C37H45N7O5.C29H38ClN5O5.C27H29N7O.C14H19N3O2/c1-35(2,3)48-33(46)43-20-18-42(19-21-43)23-10-13-28(39-22-23)40-27-12-11-25(24-14-16-38-31-26(24)15-17-41(31)9)30-29(27)32(45)44(37(30,7)8)34(47)49-36(4,5)6;1-27(2,3)39-25(37)34-15-13-33(14-16-34)18-9-12-21(31-17-18)32-20-11-10-19(30)23-22(20)24(36)35(29(23,7)8)26(38)40-28(4,5)6;1-27(2)24-19(18-8-10-29-25-20(18)9-13-33(25)3)5-6-21(23(24)26(35)32-27)31-22-7-4-17(16-30-22)34-14-11-28-12-15-34;1-13(2)14(3,4)19-17(18-13)11-6-8-15-12-10(11)7-9-16(12)5/h10-17,22H,18-21H2,1-9H3,(H,39,40);9-12,17H,13-16H2,1-8H3,(H,31,32);4-10,13,16,28H,11-12,14-15H2,1-3H3,(H,30,31)(H,32,35);6-9H,1-5H3. The number of fused-ring (bicyclic) bond motifs is 6. The summed E-state index contributed by atoms with van der Waals surface area (Å²) >= 11 is 6.55. The lowest BCUT2D eigenvalue weighted by Gasteiger charge is -2.36. The number of hydrogen-bond donors (Lipinski definition) is 5. The van der Waals surface area contributed by atoms with Crippen molar-refractivity contribution in [3.8, 4) is 22.3 Å². The van der Waals surface area contributed by atoms with Gasteiger partial charge in [-0.2, -0.15) is 0 Å². The second kappa shape index (κ2) is 38.6. The summed E-state index contributed by atoms with van der Waals surface area (Å²) in [7, 11) is 5.90. The SMILES string of the molecule is CC(C)(C)OC(=O)N1CCN(c2ccc(Nc3ccc(Cl)c4c3C(=O)N(C(=O)OC(C)(C)C)C4(C)C)nc2)CC1.Cn1ccc2c(-c3ccc(Nc4ccc(N5CCN(C(=O)OC(C)(C)C)CC5)cn4)c4c3C(C)(C)N(C(=O)OC(C)(C)C)C4=O)ccnc21.Cn1ccc2c(-c3ccc(Nc4ccc(N5CCNCC5)cn4)c4c3C(C)(C)NC4=O)ccnc21.Cn1ccc2c(N3OC(C)(C)C(C)(C)O3)ccnc21. The number of benzene rings is 3. The average Bonchev–Trinajstić information content (AvgIpc) is 1.56. The smallest absolute Gasteiger partial charge is 0.418 e. The summed E-state index contributed by atoms with van der Waals surface area (Å²) in [5, 5.41) is 21.5. The number of anilines is 10. The Morgan fingerprint density at radius 3 is 1.13 bits per heavy atom. The summed E-state index contributed by atoms with van der Waals surface area (Å²) in [6.45, 7) is 50.0. The zero-order chi connectivity index (χ0) is 103. The number of carbonyl (C=O) groups excluding carboxylic acids is 7. The van der Waals surface area contributed by atoms with E-state index in [1.54, 1.807) is 102 Å². The van der Waals surface area contributed by atoms with Crippen LogP contribution in [0.5, 0.6) is 0 Å². The third-order valence-corrected chi connectivity index (χ3v) is 26.7. The highest BCUT2D eigenvalue weighted by Gasteiger charge is 2.54. The van der Waals surface area contributed by atoms with Crippen LogP contribution in [0.2, 0.25) is 5.02 Å². The number of nitrogens with zero attached hydrogens (tertiary/aromatic N) is 17. The molecule has 7 amide bonds. The number of pyridine rings is 6. The molecule has 19 rings (SSSR count). The molecule has 5 N–H and O–H groups in total. The molecule has 16 heterocycles. The second-order valence-corrected chi connectivity index (χ2v) is 43.7. The first-order valence-corrected chi connectivity index (χ1v) is 48.7. The third kappa shape index (κ3) is 21.1. The first-order valence-electron chi connectivity index (χ1n) is 48.3. The predicted molar refractivity (Wildman–Crippen MR) is 556 cm³/mol. The number of rotatable bonds is 12. The van der Waals surface area contributed by atoms with Gasteiger partial charge in [-0.3, -0.25) is 14.4 Å². The van der Waals surface area contributed by atoms with Gasteiger partial charge in [0, 0.05) is 169 Å². The van der Waals surface area contributed by atoms with Gasteiger partial charge in [0.25, 0.3) is 17.7 Å². The number of halogens is 1. The predicted octanol–water partition coefficient (Wildman–Crippen LogP) is 19.8. The third-order valence-electron chi connectivity index (χ3n) is 26.4. The maximum Gasteiger partial charge on any atom is 0.418 e. The number of piperazine rings is 3. The van der Waals surface area contributed by atoms with Crippen molar-refractivity contribution in [2.24, 2.45) is 21.1 Å². The molecule has 0 saturated carbocycles. The van der Waals surface area contributed by atoms with Crippen LogP contribution >= 0.6 is 11.6 Å². The molecule has 754 valence electrons. The van der Waals surface area contributed by atoms with E-state index >= 15 is 0 Å². The van der Waals surface area contributed by atoms with Crippen LogP contribution in [0.25, 0.3) is 55.4 Å². The lowest BCUT2D eigenvalue weighted by atomic mass is 9.85. The molecule has 0 aliphatic carbocycles. The van der Waals surface area contributed by atoms with Gasteiger partial charge in [0.2, 0.25) is 0 Å². The van der Waals surface area contributed by atoms with Gasteiger partial charge in [-0.15, -0.1) is 5.23 Å². The van der Waals surface area contributed by atoms with Gasteiger partial charge in [-0.25, -0.2) is 68.6 Å². The molecule has 143 heavy (non-hydrogen) atoms. The lowest BCUT2D eigenvalue weighted by Crippen LogP contribution is -2.50. The molecule has 7 aliphatic heterocycles. The molecule has 4 saturated heterocycles. The highest BCUT2D eigenvalue weighted by atomic mass is 35.5. The van der Waals surface area contributed by atoms with Gasteiger partial charge in [-0.05, 0) is 277 Å². The highest BCUT2D eigenvalue weighted by molar-refractivity contribution is 6.33. The van der Waals surface area contributed by atoms with Crippen LogP contribution < -0.4 is 46.5 Å². The maximum atomic E-state index is 14.3. The van der Waals surface area contributed by atoms with E-state index in [4.69, 9.17) is 40.2 Å². The average molecular weight is 1970 g/mol. The monoisotopic (exact) mass is 1970 g/mol. The largest absolute Gasteiger partial charge is 0.444 e. The van der Waals surface area contributed by atoms with Crippen LogP contribution in [-0.4, -0.2) is 217 Å². The van der Waals surface area contributed by atoms with Gasteiger partial charge in [0.1, 0.15) is 73.7 Å². The summed E-state index contributed by atoms with van der Waals surface area (Å²) in [4.78, 5) is 144. The molecular weight excluding hydrogens is 1840 g/mol. The number of nitrogens with one attached hydrogen (secondary N) is 5. The number of ether oxygens (including phenoxy) is 4. The molecule has 0 spiro atoms. The van der Waals surface area contributed by atoms with Crippen molar-refractivity contribution in [1.29, 1.82) is 0 Å². The van der Waals surface area contributed by atoms with Gasteiger partial charge in [0.05, 0.1) is 86.0 Å². The Labute approximate surface area is 839 Å². The first-order chi connectivity index (χ1) is 67.2. The molecular formula is C107H131ClN22O13. The van der Waals surface area contributed by atoms with Gasteiger partial charge < -0.3 is 83.7 Å². The maximum absolute atomic E-state index is 14.3. The summed E-state index contributed by atoms with van der Waals surface area (Å²) < 4.78 is 28.2. The number of hydrogen-bond acceptors (Lipinski definition) is 27. The quantitative estimate of drug-likeness (QED) is 0.0709. The van der Waals surface area contributed by atoms with Crippen molar-refractivity contribution in [2.45, 2.75) is 203 Å². The zero-order valence-electron chi connectivity index (χ0n) is 86.4. The van der Waals surface area contributed by atoms with E-state index in [9.17, 15) is 33.6 Å². The number of aryl methyl sites for hydroxylation is 3. The molecule has 7 aliphatic rings. The van der Waals surface area contributed by atoms with E-state index in [2.05, 4.69) is 89.4 Å². The van der Waals surface area contributed by atoms with E-state index in [1.807, 2.05) is 242 Å². The second-order valence-electron chi connectivity index (χ2n) is 43.3. The fraction of sp³-hybridized carbons (Fsp3) is 0.430. The van der Waals surface area contributed by atoms with Crippen LogP contribution in [0.15, 0.2) is 165 Å². The van der Waals surface area contributed by atoms with E-state index in [0.717, 1.165) is 120 Å². The van der Waals surface area contributed by atoms with Crippen LogP contribution in [-0.2, 0) is 66.4 Å². The van der Waals surface area contributed by atoms with Crippen molar-refractivity contribution in [1.82, 2.24) is 73.8 Å².